The zero-order chi connectivity index (χ0) is 18.8. The van der Waals surface area contributed by atoms with Gasteiger partial charge in [-0.05, 0) is 42.0 Å². The highest BCUT2D eigenvalue weighted by Gasteiger charge is 2.18. The Morgan fingerprint density at radius 3 is 2.48 bits per heavy atom. The first-order valence-corrected chi connectivity index (χ1v) is 8.25. The van der Waals surface area contributed by atoms with Gasteiger partial charge in [-0.15, -0.1) is 0 Å². The molecular weight excluding hydrogens is 347 g/mol. The van der Waals surface area contributed by atoms with E-state index >= 15 is 0 Å². The molecule has 134 valence electrons. The normalized spacial score (nSPS) is 10.7. The maximum atomic E-state index is 13.0. The van der Waals surface area contributed by atoms with Crippen LogP contribution in [0.3, 0.4) is 0 Å². The number of carbonyl (C=O) groups excluding carboxylic acids is 1. The van der Waals surface area contributed by atoms with E-state index in [0.717, 1.165) is 11.1 Å². The van der Waals surface area contributed by atoms with E-state index in [0.29, 0.717) is 22.4 Å². The van der Waals surface area contributed by atoms with Crippen LogP contribution in [0.2, 0.25) is 0 Å². The molecule has 0 saturated carbocycles. The molecule has 0 aliphatic heterocycles. The summed E-state index contributed by atoms with van der Waals surface area (Å²) in [5, 5.41) is 2.60. The number of aromatic nitrogens is 1. The highest BCUT2D eigenvalue weighted by Crippen LogP contribution is 2.36. The molecule has 6 heteroatoms. The van der Waals surface area contributed by atoms with Crippen LogP contribution in [0.4, 0.5) is 10.4 Å². The molecule has 0 spiro atoms. The van der Waals surface area contributed by atoms with Crippen molar-refractivity contribution in [3.05, 3.63) is 78.1 Å². The van der Waals surface area contributed by atoms with Crippen molar-refractivity contribution in [1.29, 1.82) is 0 Å². The first-order valence-electron chi connectivity index (χ1n) is 8.25. The Kier molecular flexibility index (Phi) is 4.30. The topological polar surface area (TPSA) is 64.4 Å². The molecule has 1 heterocycles. The predicted molar refractivity (Wildman–Crippen MR) is 100 cm³/mol. The Morgan fingerprint density at radius 2 is 1.78 bits per heavy atom. The molecule has 3 aromatic carbocycles. The minimum absolute atomic E-state index is 0.0426. The Hall–Kier alpha value is -3.67. The van der Waals surface area contributed by atoms with Crippen LogP contribution in [0.15, 0.2) is 71.1 Å². The van der Waals surface area contributed by atoms with Crippen molar-refractivity contribution in [3.63, 3.8) is 0 Å². The lowest BCUT2D eigenvalue weighted by molar-refractivity contribution is 0.102. The maximum Gasteiger partial charge on any atom is 0.302 e. The maximum absolute atomic E-state index is 13.0. The number of nitrogens with one attached hydrogen (secondary N) is 1. The van der Waals surface area contributed by atoms with Crippen LogP contribution >= 0.6 is 0 Å². The summed E-state index contributed by atoms with van der Waals surface area (Å²) in [5.41, 5.74) is 3.11. The third-order valence-electron chi connectivity index (χ3n) is 4.14. The first-order chi connectivity index (χ1) is 13.2. The first kappa shape index (κ1) is 16.8. The summed E-state index contributed by atoms with van der Waals surface area (Å²) < 4.78 is 24.2. The van der Waals surface area contributed by atoms with E-state index in [2.05, 4.69) is 10.3 Å². The van der Waals surface area contributed by atoms with Crippen molar-refractivity contribution in [1.82, 2.24) is 4.98 Å². The number of oxazole rings is 1. The van der Waals surface area contributed by atoms with E-state index in [-0.39, 0.29) is 6.01 Å². The second kappa shape index (κ2) is 6.92. The number of carbonyl (C=O) groups is 1. The minimum atomic E-state index is -0.443. The smallest absolute Gasteiger partial charge is 0.302 e. The van der Waals surface area contributed by atoms with Gasteiger partial charge in [0.1, 0.15) is 11.6 Å². The van der Waals surface area contributed by atoms with E-state index in [1.807, 2.05) is 36.4 Å². The number of hydrogen-bond donors (Lipinski definition) is 1. The number of ether oxygens (including phenoxy) is 1. The van der Waals surface area contributed by atoms with Gasteiger partial charge in [0.25, 0.3) is 5.91 Å². The van der Waals surface area contributed by atoms with E-state index in [1.165, 1.54) is 24.3 Å². The van der Waals surface area contributed by atoms with Crippen LogP contribution in [0.5, 0.6) is 5.75 Å². The number of rotatable bonds is 4. The second-order valence-corrected chi connectivity index (χ2v) is 5.84. The van der Waals surface area contributed by atoms with Crippen molar-refractivity contribution in [3.8, 4) is 16.9 Å². The van der Waals surface area contributed by atoms with Gasteiger partial charge in [-0.1, -0.05) is 30.3 Å². The molecule has 0 unspecified atom stereocenters. The van der Waals surface area contributed by atoms with Gasteiger partial charge in [-0.3, -0.25) is 10.1 Å². The van der Waals surface area contributed by atoms with Crippen LogP contribution in [-0.4, -0.2) is 18.0 Å². The molecule has 0 fully saturated rings. The highest BCUT2D eigenvalue weighted by molar-refractivity contribution is 6.04. The molecule has 4 aromatic rings. The third kappa shape index (κ3) is 3.25. The number of benzene rings is 3. The van der Waals surface area contributed by atoms with E-state index in [4.69, 9.17) is 9.15 Å². The van der Waals surface area contributed by atoms with Crippen LogP contribution in [0, 0.1) is 5.82 Å². The standard InChI is InChI=1S/C21H15FN2O3/c1-26-17-12-11-16(13-5-3-2-4-6-13)19-18(17)23-21(27-19)24-20(25)14-7-9-15(22)10-8-14/h2-12H,1H3,(H,23,24,25). The molecule has 27 heavy (non-hydrogen) atoms. The van der Waals surface area contributed by atoms with Crippen LogP contribution < -0.4 is 10.1 Å². The largest absolute Gasteiger partial charge is 0.494 e. The molecule has 1 N–H and O–H groups in total. The molecule has 1 amide bonds. The Morgan fingerprint density at radius 1 is 1.04 bits per heavy atom. The van der Waals surface area contributed by atoms with Gasteiger partial charge in [-0.2, -0.15) is 4.98 Å². The summed E-state index contributed by atoms with van der Waals surface area (Å²) in [6, 6.07) is 18.7. The lowest BCUT2D eigenvalue weighted by Crippen LogP contribution is -2.11. The molecule has 0 radical (unpaired) electrons. The van der Waals surface area contributed by atoms with Crippen molar-refractivity contribution < 1.29 is 18.3 Å². The Labute approximate surface area is 154 Å². The van der Waals surface area contributed by atoms with E-state index in [1.54, 1.807) is 13.2 Å². The van der Waals surface area contributed by atoms with Gasteiger partial charge < -0.3 is 9.15 Å². The summed E-state index contributed by atoms with van der Waals surface area (Å²) in [6.45, 7) is 0. The van der Waals surface area contributed by atoms with Crippen molar-refractivity contribution >= 4 is 23.0 Å². The van der Waals surface area contributed by atoms with Crippen molar-refractivity contribution in [2.24, 2.45) is 0 Å². The molecule has 4 rings (SSSR count). The molecule has 0 saturated heterocycles. The summed E-state index contributed by atoms with van der Waals surface area (Å²) in [4.78, 5) is 16.7. The quantitative estimate of drug-likeness (QED) is 0.561. The number of methoxy groups -OCH3 is 1. The van der Waals surface area contributed by atoms with Gasteiger partial charge in [0, 0.05) is 11.1 Å². The molecule has 1 aromatic heterocycles. The van der Waals surface area contributed by atoms with Gasteiger partial charge in [0.2, 0.25) is 0 Å². The SMILES string of the molecule is COc1ccc(-c2ccccc2)c2oc(NC(=O)c3ccc(F)cc3)nc12. The lowest BCUT2D eigenvalue weighted by atomic mass is 10.0. The fourth-order valence-electron chi connectivity index (χ4n) is 2.82. The summed E-state index contributed by atoms with van der Waals surface area (Å²) in [7, 11) is 1.54. The zero-order valence-electron chi connectivity index (χ0n) is 14.4. The van der Waals surface area contributed by atoms with E-state index < -0.39 is 11.7 Å². The molecule has 0 aliphatic carbocycles. The minimum Gasteiger partial charge on any atom is -0.494 e. The monoisotopic (exact) mass is 362 g/mol. The number of hydrogen-bond acceptors (Lipinski definition) is 4. The van der Waals surface area contributed by atoms with Crippen LogP contribution in [-0.2, 0) is 0 Å². The molecular formula is C21H15FN2O3. The molecule has 0 aliphatic rings. The number of fused-ring (bicyclic) bond motifs is 1. The summed E-state index contributed by atoms with van der Waals surface area (Å²) in [6.07, 6.45) is 0. The third-order valence-corrected chi connectivity index (χ3v) is 4.14. The average molecular weight is 362 g/mol. The summed E-state index contributed by atoms with van der Waals surface area (Å²) in [5.74, 6) is -0.317. The predicted octanol–water partition coefficient (Wildman–Crippen LogP) is 4.89. The van der Waals surface area contributed by atoms with Crippen LogP contribution in [0.25, 0.3) is 22.2 Å². The number of nitrogens with zero attached hydrogens (tertiary/aromatic N) is 1. The number of anilines is 1. The fraction of sp³-hybridized carbons (Fsp3) is 0.0476. The van der Waals surface area contributed by atoms with Gasteiger partial charge in [0.15, 0.2) is 11.1 Å². The number of amides is 1. The second-order valence-electron chi connectivity index (χ2n) is 5.84. The molecule has 0 bridgehead atoms. The van der Waals surface area contributed by atoms with Crippen molar-refractivity contribution in [2.75, 3.05) is 12.4 Å². The molecule has 0 atom stereocenters. The fourth-order valence-corrected chi connectivity index (χ4v) is 2.82. The number of halogens is 1. The lowest BCUT2D eigenvalue weighted by Gasteiger charge is -2.04. The molecule has 5 nitrogen and oxygen atoms in total. The Balaban J connectivity index is 1.74. The van der Waals surface area contributed by atoms with Crippen LogP contribution in [0.1, 0.15) is 10.4 Å². The Bertz CT molecular complexity index is 1110. The van der Waals surface area contributed by atoms with Gasteiger partial charge in [0.05, 0.1) is 7.11 Å². The van der Waals surface area contributed by atoms with Gasteiger partial charge >= 0.3 is 6.01 Å². The average Bonchev–Trinajstić information content (AvgIpc) is 3.11. The van der Waals surface area contributed by atoms with E-state index in [9.17, 15) is 9.18 Å². The van der Waals surface area contributed by atoms with Gasteiger partial charge in [-0.25, -0.2) is 4.39 Å². The van der Waals surface area contributed by atoms with Crippen molar-refractivity contribution in [2.45, 2.75) is 0 Å². The summed E-state index contributed by atoms with van der Waals surface area (Å²) >= 11 is 0. The zero-order valence-corrected chi connectivity index (χ0v) is 14.4. The highest BCUT2D eigenvalue weighted by atomic mass is 19.1.